The molecule has 1 N–H and O–H groups in total. The maximum absolute atomic E-state index is 4.25. The summed E-state index contributed by atoms with van der Waals surface area (Å²) in [5, 5.41) is 3.66. The molecule has 0 spiro atoms. The summed E-state index contributed by atoms with van der Waals surface area (Å²) in [6.45, 7) is 18.3. The SMILES string of the molecule is C=CC(C=C)=C(/C=C(\C)NC1CCCCC1)C(=C)/C(C)=C\C. The zero-order chi connectivity index (χ0) is 16.5. The predicted octanol–water partition coefficient (Wildman–Crippen LogP) is 6.00. The van der Waals surface area contributed by atoms with Gasteiger partial charge in [-0.1, -0.05) is 57.2 Å². The molecule has 0 heterocycles. The van der Waals surface area contributed by atoms with Gasteiger partial charge in [0.15, 0.2) is 0 Å². The number of nitrogens with one attached hydrogen (secondary N) is 1. The zero-order valence-electron chi connectivity index (χ0n) is 14.5. The van der Waals surface area contributed by atoms with Crippen molar-refractivity contribution in [2.45, 2.75) is 58.9 Å². The third-order valence-corrected chi connectivity index (χ3v) is 4.38. The molecule has 0 bridgehead atoms. The second-order valence-electron chi connectivity index (χ2n) is 6.03. The lowest BCUT2D eigenvalue weighted by atomic mass is 9.93. The van der Waals surface area contributed by atoms with Crippen LogP contribution in [0.1, 0.15) is 52.9 Å². The Morgan fingerprint density at radius 2 is 1.64 bits per heavy atom. The summed E-state index contributed by atoms with van der Waals surface area (Å²) in [6, 6.07) is 0.609. The average molecular weight is 297 g/mol. The van der Waals surface area contributed by atoms with Crippen molar-refractivity contribution in [3.05, 3.63) is 72.0 Å². The standard InChI is InChI=1S/C21H31N/c1-7-16(4)18(6)21(19(8-2)9-3)15-17(5)22-20-13-11-10-12-14-20/h7-9,15,20,22H,2-3,6,10-14H2,1,4-5H3/b16-7-,17-15+. The van der Waals surface area contributed by atoms with Crippen LogP contribution in [0.4, 0.5) is 0 Å². The molecule has 1 nitrogen and oxygen atoms in total. The van der Waals surface area contributed by atoms with Gasteiger partial charge in [0.25, 0.3) is 0 Å². The molecular weight excluding hydrogens is 266 g/mol. The van der Waals surface area contributed by atoms with Crippen LogP contribution in [0.3, 0.4) is 0 Å². The Bertz CT molecular complexity index is 498. The molecular formula is C21H31N. The van der Waals surface area contributed by atoms with Gasteiger partial charge in [0.05, 0.1) is 0 Å². The lowest BCUT2D eigenvalue weighted by Crippen LogP contribution is -2.29. The van der Waals surface area contributed by atoms with Gasteiger partial charge in [0, 0.05) is 11.7 Å². The van der Waals surface area contributed by atoms with Gasteiger partial charge in [-0.25, -0.2) is 0 Å². The molecule has 1 rings (SSSR count). The Labute approximate surface area is 136 Å². The van der Waals surface area contributed by atoms with Crippen LogP contribution in [0.25, 0.3) is 0 Å². The Morgan fingerprint density at radius 3 is 2.14 bits per heavy atom. The number of hydrogen-bond acceptors (Lipinski definition) is 1. The average Bonchev–Trinajstić information content (AvgIpc) is 2.54. The third kappa shape index (κ3) is 5.22. The maximum atomic E-state index is 4.25. The van der Waals surface area contributed by atoms with Gasteiger partial charge in [-0.2, -0.15) is 0 Å². The molecule has 1 fully saturated rings. The second-order valence-corrected chi connectivity index (χ2v) is 6.03. The summed E-state index contributed by atoms with van der Waals surface area (Å²) in [5.74, 6) is 0. The molecule has 0 atom stereocenters. The van der Waals surface area contributed by atoms with E-state index in [0.29, 0.717) is 6.04 Å². The minimum atomic E-state index is 0.609. The summed E-state index contributed by atoms with van der Waals surface area (Å²) in [4.78, 5) is 0. The van der Waals surface area contributed by atoms with Crippen LogP contribution >= 0.6 is 0 Å². The van der Waals surface area contributed by atoms with E-state index in [2.05, 4.69) is 51.1 Å². The van der Waals surface area contributed by atoms with Crippen LogP contribution in [-0.4, -0.2) is 6.04 Å². The van der Waals surface area contributed by atoms with Crippen LogP contribution in [0.5, 0.6) is 0 Å². The van der Waals surface area contributed by atoms with Crippen molar-refractivity contribution in [2.24, 2.45) is 0 Å². The Morgan fingerprint density at radius 1 is 1.05 bits per heavy atom. The van der Waals surface area contributed by atoms with E-state index in [1.807, 2.05) is 19.1 Å². The van der Waals surface area contributed by atoms with E-state index in [-0.39, 0.29) is 0 Å². The lowest BCUT2D eigenvalue weighted by Gasteiger charge is -2.24. The second kappa shape index (κ2) is 9.30. The summed E-state index contributed by atoms with van der Waals surface area (Å²) >= 11 is 0. The van der Waals surface area contributed by atoms with E-state index < -0.39 is 0 Å². The number of rotatable bonds is 7. The molecule has 0 aliphatic heterocycles. The van der Waals surface area contributed by atoms with Gasteiger partial charge in [0.2, 0.25) is 0 Å². The van der Waals surface area contributed by atoms with E-state index in [4.69, 9.17) is 0 Å². The van der Waals surface area contributed by atoms with Crippen molar-refractivity contribution in [1.82, 2.24) is 5.32 Å². The van der Waals surface area contributed by atoms with Crippen LogP contribution in [0, 0.1) is 0 Å². The fraction of sp³-hybridized carbons (Fsp3) is 0.429. The van der Waals surface area contributed by atoms with Gasteiger partial charge < -0.3 is 5.32 Å². The van der Waals surface area contributed by atoms with E-state index in [1.54, 1.807) is 0 Å². The summed E-state index contributed by atoms with van der Waals surface area (Å²) in [5.41, 5.74) is 5.52. The largest absolute Gasteiger partial charge is 0.386 e. The highest BCUT2D eigenvalue weighted by atomic mass is 14.9. The molecule has 0 aromatic rings. The van der Waals surface area contributed by atoms with E-state index in [1.165, 1.54) is 43.4 Å². The molecule has 1 saturated carbocycles. The van der Waals surface area contributed by atoms with Gasteiger partial charge in [0.1, 0.15) is 0 Å². The van der Waals surface area contributed by atoms with Crippen molar-refractivity contribution < 1.29 is 0 Å². The molecule has 0 unspecified atom stereocenters. The first kappa shape index (κ1) is 18.3. The van der Waals surface area contributed by atoms with Crippen LogP contribution in [-0.2, 0) is 0 Å². The first-order chi connectivity index (χ1) is 10.5. The van der Waals surface area contributed by atoms with E-state index >= 15 is 0 Å². The van der Waals surface area contributed by atoms with E-state index in [9.17, 15) is 0 Å². The maximum Gasteiger partial charge on any atom is 0.0258 e. The third-order valence-electron chi connectivity index (χ3n) is 4.38. The van der Waals surface area contributed by atoms with Crippen molar-refractivity contribution >= 4 is 0 Å². The minimum Gasteiger partial charge on any atom is -0.386 e. The quantitative estimate of drug-likeness (QED) is 0.568. The highest BCUT2D eigenvalue weighted by Gasteiger charge is 2.13. The van der Waals surface area contributed by atoms with Crippen molar-refractivity contribution in [3.8, 4) is 0 Å². The van der Waals surface area contributed by atoms with Crippen molar-refractivity contribution in [2.75, 3.05) is 0 Å². The van der Waals surface area contributed by atoms with Crippen molar-refractivity contribution in [1.29, 1.82) is 0 Å². The zero-order valence-corrected chi connectivity index (χ0v) is 14.5. The fourth-order valence-electron chi connectivity index (χ4n) is 2.86. The van der Waals surface area contributed by atoms with Crippen LogP contribution in [0.15, 0.2) is 72.0 Å². The van der Waals surface area contributed by atoms with E-state index in [0.717, 1.165) is 16.7 Å². The molecule has 0 aromatic heterocycles. The molecule has 0 aromatic carbocycles. The normalized spacial score (nSPS) is 16.9. The number of allylic oxidation sites excluding steroid dienone is 9. The predicted molar refractivity (Wildman–Crippen MR) is 99.8 cm³/mol. The van der Waals surface area contributed by atoms with Crippen LogP contribution in [0.2, 0.25) is 0 Å². The molecule has 0 radical (unpaired) electrons. The smallest absolute Gasteiger partial charge is 0.0258 e. The number of hydrogen-bond donors (Lipinski definition) is 1. The first-order valence-electron chi connectivity index (χ1n) is 8.30. The monoisotopic (exact) mass is 297 g/mol. The highest BCUT2D eigenvalue weighted by Crippen LogP contribution is 2.25. The Hall–Kier alpha value is -1.76. The summed E-state index contributed by atoms with van der Waals surface area (Å²) in [6.07, 6.45) is 14.6. The minimum absolute atomic E-state index is 0.609. The van der Waals surface area contributed by atoms with Gasteiger partial charge in [-0.15, -0.1) is 0 Å². The summed E-state index contributed by atoms with van der Waals surface area (Å²) in [7, 11) is 0. The lowest BCUT2D eigenvalue weighted by molar-refractivity contribution is 0.396. The molecule has 22 heavy (non-hydrogen) atoms. The molecule has 1 aliphatic carbocycles. The Balaban J connectivity index is 3.03. The molecule has 0 amide bonds. The van der Waals surface area contributed by atoms with Crippen LogP contribution < -0.4 is 5.32 Å². The van der Waals surface area contributed by atoms with Gasteiger partial charge >= 0.3 is 0 Å². The molecule has 0 saturated heterocycles. The fourth-order valence-corrected chi connectivity index (χ4v) is 2.86. The van der Waals surface area contributed by atoms with Gasteiger partial charge in [-0.05, 0) is 62.0 Å². The molecule has 1 heteroatoms. The summed E-state index contributed by atoms with van der Waals surface area (Å²) < 4.78 is 0. The first-order valence-corrected chi connectivity index (χ1v) is 8.30. The molecule has 120 valence electrons. The molecule has 1 aliphatic rings. The van der Waals surface area contributed by atoms with Gasteiger partial charge in [-0.3, -0.25) is 0 Å². The topological polar surface area (TPSA) is 12.0 Å². The highest BCUT2D eigenvalue weighted by molar-refractivity contribution is 5.56. The van der Waals surface area contributed by atoms with Crippen molar-refractivity contribution in [3.63, 3.8) is 0 Å². The Kier molecular flexibility index (Phi) is 7.73.